The summed E-state index contributed by atoms with van der Waals surface area (Å²) in [6.07, 6.45) is 2.08. The molecular formula is C10H11NS. The van der Waals surface area contributed by atoms with Gasteiger partial charge in [-0.25, -0.2) is 0 Å². The van der Waals surface area contributed by atoms with Crippen LogP contribution in [0.5, 0.6) is 0 Å². The monoisotopic (exact) mass is 177 g/mol. The van der Waals surface area contributed by atoms with E-state index in [1.165, 1.54) is 16.5 Å². The van der Waals surface area contributed by atoms with Crippen molar-refractivity contribution in [3.8, 4) is 0 Å². The molecule has 0 saturated carbocycles. The molecule has 0 spiro atoms. The molecule has 0 aliphatic rings. The van der Waals surface area contributed by atoms with Crippen LogP contribution in [0.15, 0.2) is 30.5 Å². The smallest absolute Gasteiger partial charge is 0.0480 e. The molecule has 0 unspecified atom stereocenters. The minimum Gasteiger partial charge on any atom is -0.351 e. The van der Waals surface area contributed by atoms with E-state index in [0.29, 0.717) is 0 Å². The highest BCUT2D eigenvalue weighted by atomic mass is 32.1. The molecule has 12 heavy (non-hydrogen) atoms. The molecule has 0 amide bonds. The van der Waals surface area contributed by atoms with Crippen molar-refractivity contribution in [2.24, 2.45) is 7.05 Å². The van der Waals surface area contributed by atoms with Crippen LogP contribution in [0.25, 0.3) is 10.9 Å². The Hall–Kier alpha value is -0.890. The van der Waals surface area contributed by atoms with Gasteiger partial charge in [0.25, 0.3) is 0 Å². The topological polar surface area (TPSA) is 4.93 Å². The molecule has 0 bridgehead atoms. The van der Waals surface area contributed by atoms with Gasteiger partial charge in [0, 0.05) is 24.5 Å². The summed E-state index contributed by atoms with van der Waals surface area (Å²) in [6, 6.07) is 8.57. The van der Waals surface area contributed by atoms with Crippen LogP contribution in [0.2, 0.25) is 0 Å². The summed E-state index contributed by atoms with van der Waals surface area (Å²) in [5, 5.41) is 1.29. The van der Waals surface area contributed by atoms with Crippen LogP contribution < -0.4 is 0 Å². The lowest BCUT2D eigenvalue weighted by atomic mass is 10.2. The van der Waals surface area contributed by atoms with Gasteiger partial charge in [0.05, 0.1) is 0 Å². The number of nitrogens with zero attached hydrogens (tertiary/aromatic N) is 1. The van der Waals surface area contributed by atoms with Crippen molar-refractivity contribution < 1.29 is 0 Å². The first-order valence-electron chi connectivity index (χ1n) is 3.96. The van der Waals surface area contributed by atoms with E-state index >= 15 is 0 Å². The van der Waals surface area contributed by atoms with E-state index in [9.17, 15) is 0 Å². The summed E-state index contributed by atoms with van der Waals surface area (Å²) in [4.78, 5) is 0. The number of fused-ring (bicyclic) bond motifs is 1. The Bertz CT molecular complexity index is 403. The van der Waals surface area contributed by atoms with Gasteiger partial charge in [0.2, 0.25) is 0 Å². The fourth-order valence-corrected chi connectivity index (χ4v) is 1.60. The van der Waals surface area contributed by atoms with Crippen LogP contribution in [-0.4, -0.2) is 4.57 Å². The van der Waals surface area contributed by atoms with Crippen molar-refractivity contribution >= 4 is 23.5 Å². The lowest BCUT2D eigenvalue weighted by Crippen LogP contribution is -1.85. The van der Waals surface area contributed by atoms with Gasteiger partial charge < -0.3 is 4.57 Å². The van der Waals surface area contributed by atoms with Gasteiger partial charge in [0.1, 0.15) is 0 Å². The lowest BCUT2D eigenvalue weighted by molar-refractivity contribution is 0.968. The molecule has 0 N–H and O–H groups in total. The van der Waals surface area contributed by atoms with Gasteiger partial charge in [-0.1, -0.05) is 12.1 Å². The highest BCUT2D eigenvalue weighted by molar-refractivity contribution is 7.79. The number of hydrogen-bond donors (Lipinski definition) is 1. The zero-order chi connectivity index (χ0) is 8.55. The van der Waals surface area contributed by atoms with Gasteiger partial charge in [-0.05, 0) is 23.1 Å². The molecule has 0 radical (unpaired) electrons. The Morgan fingerprint density at radius 3 is 2.92 bits per heavy atom. The van der Waals surface area contributed by atoms with E-state index in [-0.39, 0.29) is 0 Å². The highest BCUT2D eigenvalue weighted by Crippen LogP contribution is 2.17. The molecule has 62 valence electrons. The minimum atomic E-state index is 0.807. The van der Waals surface area contributed by atoms with Crippen molar-refractivity contribution in [1.82, 2.24) is 4.57 Å². The molecule has 0 atom stereocenters. The summed E-state index contributed by atoms with van der Waals surface area (Å²) >= 11 is 4.24. The highest BCUT2D eigenvalue weighted by Gasteiger charge is 1.97. The molecule has 0 fully saturated rings. The summed E-state index contributed by atoms with van der Waals surface area (Å²) in [5.41, 5.74) is 2.55. The second-order valence-electron chi connectivity index (χ2n) is 2.98. The summed E-state index contributed by atoms with van der Waals surface area (Å²) in [6.45, 7) is 0. The largest absolute Gasteiger partial charge is 0.351 e. The first-order valence-corrected chi connectivity index (χ1v) is 4.59. The molecule has 0 aliphatic heterocycles. The van der Waals surface area contributed by atoms with Crippen molar-refractivity contribution in [3.05, 3.63) is 36.0 Å². The molecular weight excluding hydrogens is 166 g/mol. The predicted octanol–water partition coefficient (Wildman–Crippen LogP) is 2.61. The standard InChI is InChI=1S/C10H11NS/c1-11-5-4-9-3-2-8(7-12)6-10(9)11/h2-6,12H,7H2,1H3. The fraction of sp³-hybridized carbons (Fsp3) is 0.200. The number of rotatable bonds is 1. The summed E-state index contributed by atoms with van der Waals surface area (Å²) < 4.78 is 2.13. The van der Waals surface area contributed by atoms with Crippen LogP contribution in [0.4, 0.5) is 0 Å². The molecule has 1 aromatic carbocycles. The van der Waals surface area contributed by atoms with Crippen LogP contribution in [0.1, 0.15) is 5.56 Å². The van der Waals surface area contributed by atoms with Gasteiger partial charge >= 0.3 is 0 Å². The maximum Gasteiger partial charge on any atom is 0.0480 e. The third kappa shape index (κ3) is 1.12. The number of aromatic nitrogens is 1. The van der Waals surface area contributed by atoms with E-state index in [2.05, 4.69) is 54.7 Å². The third-order valence-electron chi connectivity index (χ3n) is 2.14. The average Bonchev–Trinajstić information content (AvgIpc) is 2.47. The second-order valence-corrected chi connectivity index (χ2v) is 3.29. The van der Waals surface area contributed by atoms with Gasteiger partial charge in [-0.3, -0.25) is 0 Å². The fourth-order valence-electron chi connectivity index (χ4n) is 1.41. The van der Waals surface area contributed by atoms with Crippen molar-refractivity contribution in [2.45, 2.75) is 5.75 Å². The Kier molecular flexibility index (Phi) is 1.85. The third-order valence-corrected chi connectivity index (χ3v) is 2.50. The van der Waals surface area contributed by atoms with E-state index in [4.69, 9.17) is 0 Å². The Labute approximate surface area is 77.4 Å². The van der Waals surface area contributed by atoms with Crippen LogP contribution in [-0.2, 0) is 12.8 Å². The number of hydrogen-bond acceptors (Lipinski definition) is 1. The van der Waals surface area contributed by atoms with Crippen LogP contribution in [0, 0.1) is 0 Å². The number of benzene rings is 1. The van der Waals surface area contributed by atoms with Gasteiger partial charge in [-0.2, -0.15) is 12.6 Å². The molecule has 2 aromatic rings. The first kappa shape index (κ1) is 7.74. The maximum atomic E-state index is 4.24. The van der Waals surface area contributed by atoms with Gasteiger partial charge in [0.15, 0.2) is 0 Å². The second kappa shape index (κ2) is 2.87. The molecule has 2 rings (SSSR count). The molecule has 1 heterocycles. The lowest BCUT2D eigenvalue weighted by Gasteiger charge is -1.98. The van der Waals surface area contributed by atoms with Crippen LogP contribution in [0.3, 0.4) is 0 Å². The van der Waals surface area contributed by atoms with Gasteiger partial charge in [-0.15, -0.1) is 0 Å². The van der Waals surface area contributed by atoms with Crippen molar-refractivity contribution in [1.29, 1.82) is 0 Å². The summed E-state index contributed by atoms with van der Waals surface area (Å²) in [7, 11) is 2.06. The zero-order valence-corrected chi connectivity index (χ0v) is 7.88. The Morgan fingerprint density at radius 2 is 2.17 bits per heavy atom. The van der Waals surface area contributed by atoms with Crippen LogP contribution >= 0.6 is 12.6 Å². The molecule has 0 saturated heterocycles. The Balaban J connectivity index is 2.71. The van der Waals surface area contributed by atoms with E-state index in [1.54, 1.807) is 0 Å². The normalized spacial score (nSPS) is 10.8. The van der Waals surface area contributed by atoms with Crippen molar-refractivity contribution in [3.63, 3.8) is 0 Å². The summed E-state index contributed by atoms with van der Waals surface area (Å²) in [5.74, 6) is 0.807. The number of aryl methyl sites for hydroxylation is 1. The van der Waals surface area contributed by atoms with Crippen molar-refractivity contribution in [2.75, 3.05) is 0 Å². The van der Waals surface area contributed by atoms with E-state index in [1.807, 2.05) is 0 Å². The molecule has 0 aliphatic carbocycles. The first-order chi connectivity index (χ1) is 5.81. The average molecular weight is 177 g/mol. The Morgan fingerprint density at radius 1 is 1.33 bits per heavy atom. The molecule has 2 heteroatoms. The minimum absolute atomic E-state index is 0.807. The molecule has 1 aromatic heterocycles. The quantitative estimate of drug-likeness (QED) is 0.639. The maximum absolute atomic E-state index is 4.24. The van der Waals surface area contributed by atoms with E-state index < -0.39 is 0 Å². The zero-order valence-electron chi connectivity index (χ0n) is 6.99. The number of thiol groups is 1. The SMILES string of the molecule is Cn1ccc2ccc(CS)cc21. The predicted molar refractivity (Wildman–Crippen MR) is 55.6 cm³/mol. The molecule has 1 nitrogen and oxygen atoms in total. The van der Waals surface area contributed by atoms with E-state index in [0.717, 1.165) is 5.75 Å².